The van der Waals surface area contributed by atoms with Crippen LogP contribution in [-0.4, -0.2) is 47.2 Å². The lowest BCUT2D eigenvalue weighted by Crippen LogP contribution is -2.37. The number of aromatic nitrogens is 2. The first kappa shape index (κ1) is 22.1. The number of ether oxygens (including phenoxy) is 2. The van der Waals surface area contributed by atoms with Crippen LogP contribution in [0.25, 0.3) is 10.9 Å². The van der Waals surface area contributed by atoms with Crippen LogP contribution in [0.1, 0.15) is 52.9 Å². The quantitative estimate of drug-likeness (QED) is 0.691. The van der Waals surface area contributed by atoms with Crippen molar-refractivity contribution in [1.82, 2.24) is 14.5 Å². The standard InChI is InChI=1S/C23H33N3O4/c1-23(2,3)14-16-8-6-11-26(16)21(27)9-7-10-25-15-24-18-13-20(30-5)19(29-4)12-17(18)22(25)28/h12-13,15-16H,6-11,14H2,1-5H3. The maximum atomic E-state index is 12.9. The van der Waals surface area contributed by atoms with E-state index in [-0.39, 0.29) is 16.9 Å². The van der Waals surface area contributed by atoms with Crippen molar-refractivity contribution in [3.63, 3.8) is 0 Å². The summed E-state index contributed by atoms with van der Waals surface area (Å²) in [5.41, 5.74) is 0.633. The number of carbonyl (C=O) groups is 1. The molecule has 1 aliphatic rings. The highest BCUT2D eigenvalue weighted by atomic mass is 16.5. The van der Waals surface area contributed by atoms with Gasteiger partial charge in [-0.1, -0.05) is 20.8 Å². The molecule has 0 aliphatic carbocycles. The van der Waals surface area contributed by atoms with Gasteiger partial charge < -0.3 is 14.4 Å². The van der Waals surface area contributed by atoms with E-state index in [2.05, 4.69) is 25.8 Å². The van der Waals surface area contributed by atoms with Crippen LogP contribution in [0.3, 0.4) is 0 Å². The molecule has 1 aliphatic heterocycles. The summed E-state index contributed by atoms with van der Waals surface area (Å²) in [5, 5.41) is 0.478. The monoisotopic (exact) mass is 415 g/mol. The van der Waals surface area contributed by atoms with Gasteiger partial charge in [0.15, 0.2) is 11.5 Å². The Kier molecular flexibility index (Phi) is 6.68. The van der Waals surface area contributed by atoms with Gasteiger partial charge in [0.05, 0.1) is 31.4 Å². The molecule has 3 rings (SSSR count). The highest BCUT2D eigenvalue weighted by molar-refractivity contribution is 5.81. The summed E-state index contributed by atoms with van der Waals surface area (Å²) < 4.78 is 12.1. The summed E-state index contributed by atoms with van der Waals surface area (Å²) in [6, 6.07) is 3.70. The van der Waals surface area contributed by atoms with E-state index in [1.165, 1.54) is 7.11 Å². The predicted molar refractivity (Wildman–Crippen MR) is 117 cm³/mol. The molecule has 0 saturated carbocycles. The molecule has 0 spiro atoms. The molecule has 0 N–H and O–H groups in total. The van der Waals surface area contributed by atoms with E-state index in [1.807, 2.05) is 4.90 Å². The molecule has 164 valence electrons. The van der Waals surface area contributed by atoms with Crippen LogP contribution in [0, 0.1) is 5.41 Å². The summed E-state index contributed by atoms with van der Waals surface area (Å²) in [5.74, 6) is 1.22. The SMILES string of the molecule is COc1cc2ncn(CCCC(=O)N3CCCC3CC(C)(C)C)c(=O)c2cc1OC. The van der Waals surface area contributed by atoms with E-state index in [9.17, 15) is 9.59 Å². The third-order valence-electron chi connectivity index (χ3n) is 5.66. The number of fused-ring (bicyclic) bond motifs is 1. The van der Waals surface area contributed by atoms with Gasteiger partial charge in [-0.2, -0.15) is 0 Å². The molecule has 7 heteroatoms. The van der Waals surface area contributed by atoms with E-state index >= 15 is 0 Å². The van der Waals surface area contributed by atoms with Gasteiger partial charge in [-0.05, 0) is 37.2 Å². The van der Waals surface area contributed by atoms with Crippen LogP contribution in [0.5, 0.6) is 11.5 Å². The van der Waals surface area contributed by atoms with Crippen LogP contribution < -0.4 is 15.0 Å². The topological polar surface area (TPSA) is 73.7 Å². The van der Waals surface area contributed by atoms with Crippen LogP contribution in [-0.2, 0) is 11.3 Å². The zero-order chi connectivity index (χ0) is 21.9. The second-order valence-electron chi connectivity index (χ2n) is 9.22. The van der Waals surface area contributed by atoms with Crippen molar-refractivity contribution in [2.45, 2.75) is 65.5 Å². The zero-order valence-electron chi connectivity index (χ0n) is 18.7. The number of aryl methyl sites for hydroxylation is 1. The fourth-order valence-corrected chi connectivity index (χ4v) is 4.27. The van der Waals surface area contributed by atoms with Crippen molar-refractivity contribution in [2.75, 3.05) is 20.8 Å². The largest absolute Gasteiger partial charge is 0.493 e. The Balaban J connectivity index is 1.66. The Morgan fingerprint density at radius 3 is 2.57 bits per heavy atom. The van der Waals surface area contributed by atoms with Crippen LogP contribution >= 0.6 is 0 Å². The van der Waals surface area contributed by atoms with Crippen LogP contribution in [0.15, 0.2) is 23.3 Å². The van der Waals surface area contributed by atoms with Gasteiger partial charge in [-0.15, -0.1) is 0 Å². The maximum Gasteiger partial charge on any atom is 0.261 e. The number of likely N-dealkylation sites (tertiary alicyclic amines) is 1. The second-order valence-corrected chi connectivity index (χ2v) is 9.22. The highest BCUT2D eigenvalue weighted by Crippen LogP contribution is 2.31. The van der Waals surface area contributed by atoms with Gasteiger partial charge in [0.2, 0.25) is 5.91 Å². The molecule has 1 unspecified atom stereocenters. The molecule has 1 atom stereocenters. The molecule has 0 bridgehead atoms. The van der Waals surface area contributed by atoms with Crippen molar-refractivity contribution in [1.29, 1.82) is 0 Å². The summed E-state index contributed by atoms with van der Waals surface area (Å²) in [7, 11) is 3.09. The minimum atomic E-state index is -0.139. The Morgan fingerprint density at radius 1 is 1.20 bits per heavy atom. The predicted octanol–water partition coefficient (Wildman–Crippen LogP) is 3.62. The number of benzene rings is 1. The minimum Gasteiger partial charge on any atom is -0.493 e. The van der Waals surface area contributed by atoms with E-state index < -0.39 is 0 Å². The van der Waals surface area contributed by atoms with Crippen molar-refractivity contribution in [2.24, 2.45) is 5.41 Å². The average Bonchev–Trinajstić information content (AvgIpc) is 3.15. The normalized spacial score (nSPS) is 16.8. The molecule has 0 radical (unpaired) electrons. The first-order valence-corrected chi connectivity index (χ1v) is 10.6. The summed E-state index contributed by atoms with van der Waals surface area (Å²) in [6.07, 6.45) is 5.78. The van der Waals surface area contributed by atoms with Gasteiger partial charge in [0, 0.05) is 31.6 Å². The van der Waals surface area contributed by atoms with E-state index in [0.29, 0.717) is 47.8 Å². The first-order valence-electron chi connectivity index (χ1n) is 10.6. The van der Waals surface area contributed by atoms with Gasteiger partial charge >= 0.3 is 0 Å². The number of nitrogens with zero attached hydrogens (tertiary/aromatic N) is 3. The van der Waals surface area contributed by atoms with Crippen LogP contribution in [0.4, 0.5) is 0 Å². The summed E-state index contributed by atoms with van der Waals surface area (Å²) >= 11 is 0. The lowest BCUT2D eigenvalue weighted by molar-refractivity contribution is -0.132. The molecule has 2 heterocycles. The fraction of sp³-hybridized carbons (Fsp3) is 0.609. The highest BCUT2D eigenvalue weighted by Gasteiger charge is 2.31. The summed E-state index contributed by atoms with van der Waals surface area (Å²) in [6.45, 7) is 7.96. The van der Waals surface area contributed by atoms with Gasteiger partial charge in [-0.25, -0.2) is 4.98 Å². The van der Waals surface area contributed by atoms with Crippen molar-refractivity contribution in [3.05, 3.63) is 28.8 Å². The maximum absolute atomic E-state index is 12.9. The number of hydrogen-bond acceptors (Lipinski definition) is 5. The van der Waals surface area contributed by atoms with Gasteiger partial charge in [0.25, 0.3) is 5.56 Å². The second kappa shape index (κ2) is 9.06. The number of rotatable bonds is 7. The molecule has 1 aromatic heterocycles. The van der Waals surface area contributed by atoms with E-state index in [0.717, 1.165) is 25.8 Å². The Labute approximate surface area is 178 Å². The molecule has 1 fully saturated rings. The average molecular weight is 416 g/mol. The molecule has 7 nitrogen and oxygen atoms in total. The lowest BCUT2D eigenvalue weighted by atomic mass is 9.87. The first-order chi connectivity index (χ1) is 14.2. The zero-order valence-corrected chi connectivity index (χ0v) is 18.7. The third kappa shape index (κ3) is 4.94. The Hall–Kier alpha value is -2.57. The Bertz CT molecular complexity index is 961. The van der Waals surface area contributed by atoms with Crippen LogP contribution in [0.2, 0.25) is 0 Å². The molecule has 30 heavy (non-hydrogen) atoms. The smallest absolute Gasteiger partial charge is 0.261 e. The minimum absolute atomic E-state index is 0.139. The third-order valence-corrected chi connectivity index (χ3v) is 5.66. The fourth-order valence-electron chi connectivity index (χ4n) is 4.27. The Morgan fingerprint density at radius 2 is 1.90 bits per heavy atom. The molecule has 2 aromatic rings. The van der Waals surface area contributed by atoms with E-state index in [4.69, 9.17) is 9.47 Å². The molecule has 1 amide bonds. The number of carbonyl (C=O) groups excluding carboxylic acids is 1. The molecular weight excluding hydrogens is 382 g/mol. The van der Waals surface area contributed by atoms with Gasteiger partial charge in [-0.3, -0.25) is 14.2 Å². The number of amides is 1. The molecule has 1 saturated heterocycles. The molecular formula is C23H33N3O4. The summed E-state index contributed by atoms with van der Waals surface area (Å²) in [4.78, 5) is 32.1. The number of hydrogen-bond donors (Lipinski definition) is 0. The molecule has 1 aromatic carbocycles. The van der Waals surface area contributed by atoms with Gasteiger partial charge in [0.1, 0.15) is 0 Å². The number of methoxy groups -OCH3 is 2. The lowest BCUT2D eigenvalue weighted by Gasteiger charge is -2.30. The van der Waals surface area contributed by atoms with Crippen molar-refractivity contribution >= 4 is 16.8 Å². The van der Waals surface area contributed by atoms with E-state index in [1.54, 1.807) is 30.1 Å². The van der Waals surface area contributed by atoms with Crippen molar-refractivity contribution in [3.8, 4) is 11.5 Å². The van der Waals surface area contributed by atoms with Crippen molar-refractivity contribution < 1.29 is 14.3 Å².